The second kappa shape index (κ2) is 4.49. The van der Waals surface area contributed by atoms with E-state index in [4.69, 9.17) is 5.73 Å². The minimum Gasteiger partial charge on any atom is -0.370 e. The van der Waals surface area contributed by atoms with Crippen molar-refractivity contribution in [2.24, 2.45) is 5.73 Å². The van der Waals surface area contributed by atoms with Crippen LogP contribution >= 0.6 is 11.6 Å². The molecule has 0 aliphatic rings. The maximum Gasteiger partial charge on any atom is 0.321 e. The van der Waals surface area contributed by atoms with Gasteiger partial charge in [0.2, 0.25) is 5.91 Å². The van der Waals surface area contributed by atoms with Crippen LogP contribution in [0.15, 0.2) is 0 Å². The van der Waals surface area contributed by atoms with Crippen molar-refractivity contribution in [1.29, 1.82) is 0 Å². The van der Waals surface area contributed by atoms with E-state index in [0.717, 1.165) is 0 Å². The van der Waals surface area contributed by atoms with Crippen molar-refractivity contribution in [3.05, 3.63) is 0 Å². The van der Waals surface area contributed by atoms with Crippen molar-refractivity contribution in [2.75, 3.05) is 0 Å². The highest BCUT2D eigenvalue weighted by molar-refractivity contribution is 6.21. The van der Waals surface area contributed by atoms with Gasteiger partial charge in [-0.2, -0.15) is 8.78 Å². The molecule has 0 unspecified atom stereocenters. The van der Waals surface area contributed by atoms with Gasteiger partial charge in [0, 0.05) is 12.8 Å². The first kappa shape index (κ1) is 10.6. The minimum atomic E-state index is -3.14. The fraction of sp³-hybridized carbons (Fsp3) is 0.833. The molecule has 0 fully saturated rings. The summed E-state index contributed by atoms with van der Waals surface area (Å²) < 4.78 is 23.8. The number of carbonyl (C=O) groups excluding carboxylic acids is 1. The highest BCUT2D eigenvalue weighted by Crippen LogP contribution is 2.25. The van der Waals surface area contributed by atoms with E-state index < -0.39 is 17.7 Å². The topological polar surface area (TPSA) is 43.1 Å². The molecule has 1 amide bonds. The molecule has 0 spiro atoms. The van der Waals surface area contributed by atoms with Crippen LogP contribution in [0.4, 0.5) is 8.78 Å². The van der Waals surface area contributed by atoms with Crippen molar-refractivity contribution in [3.8, 4) is 0 Å². The van der Waals surface area contributed by atoms with Crippen LogP contribution in [0, 0.1) is 0 Å². The van der Waals surface area contributed by atoms with Crippen LogP contribution < -0.4 is 5.73 Å². The zero-order valence-electron chi connectivity index (χ0n) is 5.95. The number of primary amides is 1. The first-order valence-corrected chi connectivity index (χ1v) is 3.64. The van der Waals surface area contributed by atoms with Crippen LogP contribution in [0.3, 0.4) is 0 Å². The third kappa shape index (κ3) is 9.62. The molecule has 0 saturated carbocycles. The number of carbonyl (C=O) groups is 1. The molecule has 0 aromatic rings. The predicted molar refractivity (Wildman–Crippen MR) is 38.5 cm³/mol. The van der Waals surface area contributed by atoms with Crippen molar-refractivity contribution >= 4 is 17.5 Å². The van der Waals surface area contributed by atoms with Crippen molar-refractivity contribution in [1.82, 2.24) is 0 Å². The van der Waals surface area contributed by atoms with Gasteiger partial charge in [-0.15, -0.1) is 0 Å². The average Bonchev–Trinajstić information content (AvgIpc) is 1.78. The summed E-state index contributed by atoms with van der Waals surface area (Å²) in [6.45, 7) is 0. The Hall–Kier alpha value is -0.380. The summed E-state index contributed by atoms with van der Waals surface area (Å²) in [5.74, 6) is -0.470. The maximum absolute atomic E-state index is 11.9. The molecule has 0 aromatic heterocycles. The van der Waals surface area contributed by atoms with Crippen LogP contribution in [0.1, 0.15) is 25.7 Å². The highest BCUT2D eigenvalue weighted by Gasteiger charge is 2.23. The molecule has 0 saturated heterocycles. The van der Waals surface area contributed by atoms with E-state index in [-0.39, 0.29) is 12.8 Å². The number of alkyl halides is 3. The van der Waals surface area contributed by atoms with E-state index in [0.29, 0.717) is 6.42 Å². The predicted octanol–water partition coefficient (Wildman–Crippen LogP) is 1.86. The third-order valence-electron chi connectivity index (χ3n) is 1.13. The molecule has 66 valence electrons. The van der Waals surface area contributed by atoms with E-state index in [2.05, 4.69) is 11.6 Å². The fourth-order valence-electron chi connectivity index (χ4n) is 0.625. The van der Waals surface area contributed by atoms with E-state index in [1.165, 1.54) is 0 Å². The monoisotopic (exact) mass is 185 g/mol. The number of rotatable bonds is 5. The number of unbranched alkanes of at least 4 members (excludes halogenated alkanes) is 1. The lowest BCUT2D eigenvalue weighted by molar-refractivity contribution is -0.118. The number of halogens is 3. The normalized spacial score (nSPS) is 11.5. The molecular formula is C6H10ClF2NO. The number of amides is 1. The summed E-state index contributed by atoms with van der Waals surface area (Å²) >= 11 is 4.60. The highest BCUT2D eigenvalue weighted by atomic mass is 35.5. The van der Waals surface area contributed by atoms with Gasteiger partial charge in [-0.25, -0.2) is 0 Å². The zero-order chi connectivity index (χ0) is 8.91. The van der Waals surface area contributed by atoms with Crippen LogP contribution in [0.5, 0.6) is 0 Å². The Morgan fingerprint density at radius 3 is 2.36 bits per heavy atom. The first-order valence-electron chi connectivity index (χ1n) is 3.27. The Labute approximate surface area is 68.7 Å². The molecule has 0 atom stereocenters. The maximum atomic E-state index is 11.9. The van der Waals surface area contributed by atoms with Crippen LogP contribution in [-0.4, -0.2) is 11.3 Å². The molecule has 0 aliphatic heterocycles. The van der Waals surface area contributed by atoms with E-state index in [1.807, 2.05) is 0 Å². The van der Waals surface area contributed by atoms with Crippen LogP contribution in [-0.2, 0) is 4.79 Å². The summed E-state index contributed by atoms with van der Waals surface area (Å²) in [6.07, 6.45) is 0.339. The largest absolute Gasteiger partial charge is 0.370 e. The van der Waals surface area contributed by atoms with E-state index in [9.17, 15) is 13.6 Å². The van der Waals surface area contributed by atoms with Crippen LogP contribution in [0.2, 0.25) is 0 Å². The summed E-state index contributed by atoms with van der Waals surface area (Å²) in [5.41, 5.74) is 4.78. The lowest BCUT2D eigenvalue weighted by atomic mass is 10.2. The average molecular weight is 186 g/mol. The molecule has 2 nitrogen and oxygen atoms in total. The van der Waals surface area contributed by atoms with Gasteiger partial charge in [0.15, 0.2) is 0 Å². The molecule has 0 radical (unpaired) electrons. The fourth-order valence-corrected chi connectivity index (χ4v) is 0.758. The van der Waals surface area contributed by atoms with Gasteiger partial charge in [0.05, 0.1) is 0 Å². The summed E-state index contributed by atoms with van der Waals surface area (Å²) in [7, 11) is 0. The van der Waals surface area contributed by atoms with Gasteiger partial charge in [0.25, 0.3) is 0 Å². The summed E-state index contributed by atoms with van der Waals surface area (Å²) in [4.78, 5) is 10.1. The molecule has 5 heteroatoms. The van der Waals surface area contributed by atoms with Gasteiger partial charge in [-0.05, 0) is 24.4 Å². The summed E-state index contributed by atoms with van der Waals surface area (Å²) in [5, 5.41) is -3.14. The lowest BCUT2D eigenvalue weighted by Gasteiger charge is -2.05. The van der Waals surface area contributed by atoms with Crippen molar-refractivity contribution < 1.29 is 13.6 Å². The Kier molecular flexibility index (Phi) is 4.33. The molecule has 0 aliphatic carbocycles. The Morgan fingerprint density at radius 1 is 1.45 bits per heavy atom. The van der Waals surface area contributed by atoms with Gasteiger partial charge in [-0.3, -0.25) is 4.79 Å². The molecular weight excluding hydrogens is 176 g/mol. The van der Waals surface area contributed by atoms with Crippen molar-refractivity contribution in [2.45, 2.75) is 31.1 Å². The van der Waals surface area contributed by atoms with Gasteiger partial charge in [0.1, 0.15) is 0 Å². The molecule has 0 bridgehead atoms. The molecule has 0 heterocycles. The number of hydrogen-bond acceptors (Lipinski definition) is 1. The Bertz CT molecular complexity index is 135. The smallest absolute Gasteiger partial charge is 0.321 e. The number of hydrogen-bond donors (Lipinski definition) is 1. The van der Waals surface area contributed by atoms with E-state index in [1.54, 1.807) is 0 Å². The second-order valence-electron chi connectivity index (χ2n) is 2.29. The second-order valence-corrected chi connectivity index (χ2v) is 2.84. The number of nitrogens with two attached hydrogens (primary N) is 1. The van der Waals surface area contributed by atoms with Gasteiger partial charge >= 0.3 is 5.38 Å². The zero-order valence-corrected chi connectivity index (χ0v) is 6.70. The Morgan fingerprint density at radius 2 is 2.00 bits per heavy atom. The van der Waals surface area contributed by atoms with Crippen LogP contribution in [0.25, 0.3) is 0 Å². The SMILES string of the molecule is NC(=O)CCCCC(F)(F)Cl. The molecule has 0 rings (SSSR count). The quantitative estimate of drug-likeness (QED) is 0.516. The lowest BCUT2D eigenvalue weighted by Crippen LogP contribution is -2.11. The van der Waals surface area contributed by atoms with Crippen molar-refractivity contribution in [3.63, 3.8) is 0 Å². The first-order chi connectivity index (χ1) is 4.92. The van der Waals surface area contributed by atoms with Gasteiger partial charge < -0.3 is 5.73 Å². The summed E-state index contributed by atoms with van der Waals surface area (Å²) in [6, 6.07) is 0. The van der Waals surface area contributed by atoms with Gasteiger partial charge in [-0.1, -0.05) is 0 Å². The Balaban J connectivity index is 3.22. The minimum absolute atomic E-state index is 0.146. The molecule has 2 N–H and O–H groups in total. The molecule has 11 heavy (non-hydrogen) atoms. The molecule has 0 aromatic carbocycles. The third-order valence-corrected chi connectivity index (χ3v) is 1.32. The standard InChI is InChI=1S/C6H10ClF2NO/c7-6(8,9)4-2-1-3-5(10)11/h1-4H2,(H2,10,11). The van der Waals surface area contributed by atoms with E-state index >= 15 is 0 Å².